The van der Waals surface area contributed by atoms with E-state index in [0.717, 1.165) is 25.7 Å². The number of rotatable bonds is 6. The Bertz CT molecular complexity index is 607. The molecule has 1 aromatic rings. The van der Waals surface area contributed by atoms with Crippen LogP contribution in [-0.4, -0.2) is 52.4 Å². The summed E-state index contributed by atoms with van der Waals surface area (Å²) >= 11 is 0. The zero-order valence-electron chi connectivity index (χ0n) is 16.6. The predicted octanol–water partition coefficient (Wildman–Crippen LogP) is 3.18. The standard InChI is InChI=1S/C20H31N3O4/c1-20(2,3)27-19(26)22-13-10-16(11-14-22)7-6-9-18(25)23(15-24)17-8-4-5-12-21-17/h4-5,8,12,16,24H,6-7,9-11,13-15H2,1-3H3. The Morgan fingerprint density at radius 2 is 2.00 bits per heavy atom. The van der Waals surface area contributed by atoms with Gasteiger partial charge in [0.15, 0.2) is 0 Å². The SMILES string of the molecule is CC(C)(C)OC(=O)N1CCC(CCCC(=O)N(CO)c2ccccn2)CC1. The van der Waals surface area contributed by atoms with E-state index >= 15 is 0 Å². The van der Waals surface area contributed by atoms with Crippen LogP contribution >= 0.6 is 0 Å². The molecule has 7 nitrogen and oxygen atoms in total. The number of likely N-dealkylation sites (tertiary alicyclic amines) is 1. The monoisotopic (exact) mass is 377 g/mol. The highest BCUT2D eigenvalue weighted by Gasteiger charge is 2.27. The summed E-state index contributed by atoms with van der Waals surface area (Å²) in [5, 5.41) is 9.48. The van der Waals surface area contributed by atoms with Crippen molar-refractivity contribution in [2.24, 2.45) is 5.92 Å². The third-order valence-corrected chi connectivity index (χ3v) is 4.64. The molecule has 0 aliphatic carbocycles. The first kappa shape index (κ1) is 21.2. The number of anilines is 1. The first-order valence-corrected chi connectivity index (χ1v) is 9.60. The van der Waals surface area contributed by atoms with Crippen LogP contribution in [0.4, 0.5) is 10.6 Å². The zero-order chi connectivity index (χ0) is 19.9. The van der Waals surface area contributed by atoms with Gasteiger partial charge in [0.1, 0.15) is 18.1 Å². The molecule has 0 bridgehead atoms. The second-order valence-corrected chi connectivity index (χ2v) is 7.95. The van der Waals surface area contributed by atoms with Crippen molar-refractivity contribution >= 4 is 17.8 Å². The molecule has 0 saturated carbocycles. The molecule has 1 aliphatic heterocycles. The Balaban J connectivity index is 1.71. The molecule has 0 radical (unpaired) electrons. The fraction of sp³-hybridized carbons (Fsp3) is 0.650. The van der Waals surface area contributed by atoms with Crippen molar-refractivity contribution in [1.82, 2.24) is 9.88 Å². The minimum atomic E-state index is -0.472. The van der Waals surface area contributed by atoms with Crippen LogP contribution < -0.4 is 4.90 Å². The van der Waals surface area contributed by atoms with E-state index in [2.05, 4.69) is 4.98 Å². The van der Waals surface area contributed by atoms with Gasteiger partial charge in [-0.3, -0.25) is 9.69 Å². The highest BCUT2D eigenvalue weighted by molar-refractivity contribution is 5.92. The molecule has 1 fully saturated rings. The largest absolute Gasteiger partial charge is 0.444 e. The molecule has 0 atom stereocenters. The molecule has 2 amide bonds. The van der Waals surface area contributed by atoms with Gasteiger partial charge in [-0.2, -0.15) is 0 Å². The Labute approximate surface area is 161 Å². The average molecular weight is 377 g/mol. The van der Waals surface area contributed by atoms with Gasteiger partial charge in [-0.25, -0.2) is 9.78 Å². The van der Waals surface area contributed by atoms with E-state index in [1.807, 2.05) is 20.8 Å². The van der Waals surface area contributed by atoms with Crippen molar-refractivity contribution in [1.29, 1.82) is 0 Å². The number of ether oxygens (including phenoxy) is 1. The first-order valence-electron chi connectivity index (χ1n) is 9.60. The number of carbonyl (C=O) groups is 2. The van der Waals surface area contributed by atoms with E-state index in [0.29, 0.717) is 31.2 Å². The van der Waals surface area contributed by atoms with Crippen LogP contribution in [0.3, 0.4) is 0 Å². The van der Waals surface area contributed by atoms with E-state index in [-0.39, 0.29) is 18.7 Å². The van der Waals surface area contributed by atoms with Gasteiger partial charge in [0.05, 0.1) is 0 Å². The van der Waals surface area contributed by atoms with Gasteiger partial charge < -0.3 is 14.7 Å². The van der Waals surface area contributed by atoms with Crippen molar-refractivity contribution in [3.05, 3.63) is 24.4 Å². The first-order chi connectivity index (χ1) is 12.8. The van der Waals surface area contributed by atoms with Crippen LogP contribution in [-0.2, 0) is 9.53 Å². The third-order valence-electron chi connectivity index (χ3n) is 4.64. The molecule has 0 aromatic carbocycles. The predicted molar refractivity (Wildman–Crippen MR) is 103 cm³/mol. The van der Waals surface area contributed by atoms with Crippen LogP contribution in [0.2, 0.25) is 0 Å². The van der Waals surface area contributed by atoms with Gasteiger partial charge in [0.2, 0.25) is 5.91 Å². The second-order valence-electron chi connectivity index (χ2n) is 7.95. The summed E-state index contributed by atoms with van der Waals surface area (Å²) in [4.78, 5) is 31.6. The molecule has 150 valence electrons. The molecule has 0 unspecified atom stereocenters. The van der Waals surface area contributed by atoms with Crippen LogP contribution in [0.1, 0.15) is 52.9 Å². The maximum atomic E-state index is 12.3. The van der Waals surface area contributed by atoms with Gasteiger partial charge >= 0.3 is 6.09 Å². The molecular weight excluding hydrogens is 346 g/mol. The summed E-state index contributed by atoms with van der Waals surface area (Å²) in [6.07, 6.45) is 5.29. The maximum absolute atomic E-state index is 12.3. The zero-order valence-corrected chi connectivity index (χ0v) is 16.6. The normalized spacial score (nSPS) is 15.5. The quantitative estimate of drug-likeness (QED) is 0.770. The number of amides is 2. The van der Waals surface area contributed by atoms with E-state index in [4.69, 9.17) is 4.74 Å². The van der Waals surface area contributed by atoms with Crippen molar-refractivity contribution in [2.45, 2.75) is 58.5 Å². The number of hydrogen-bond donors (Lipinski definition) is 1. The number of nitrogens with zero attached hydrogens (tertiary/aromatic N) is 3. The fourth-order valence-corrected chi connectivity index (χ4v) is 3.20. The summed E-state index contributed by atoms with van der Waals surface area (Å²) in [5.41, 5.74) is -0.472. The lowest BCUT2D eigenvalue weighted by Gasteiger charge is -2.33. The van der Waals surface area contributed by atoms with Crippen molar-refractivity contribution in [3.8, 4) is 0 Å². The molecule has 1 aliphatic rings. The molecule has 7 heteroatoms. The van der Waals surface area contributed by atoms with E-state index in [9.17, 15) is 14.7 Å². The molecular formula is C20H31N3O4. The lowest BCUT2D eigenvalue weighted by molar-refractivity contribution is -0.119. The molecule has 2 rings (SSSR count). The van der Waals surface area contributed by atoms with Gasteiger partial charge in [0, 0.05) is 25.7 Å². The Morgan fingerprint density at radius 1 is 1.30 bits per heavy atom. The Morgan fingerprint density at radius 3 is 2.56 bits per heavy atom. The number of piperidine rings is 1. The number of pyridine rings is 1. The second kappa shape index (κ2) is 9.69. The summed E-state index contributed by atoms with van der Waals surface area (Å²) < 4.78 is 5.41. The van der Waals surface area contributed by atoms with Crippen LogP contribution in [0.5, 0.6) is 0 Å². The van der Waals surface area contributed by atoms with Crippen molar-refractivity contribution in [3.63, 3.8) is 0 Å². The van der Waals surface area contributed by atoms with Gasteiger partial charge in [-0.05, 0) is 64.5 Å². The summed E-state index contributed by atoms with van der Waals surface area (Å²) in [6.45, 7) is 6.64. The molecule has 1 N–H and O–H groups in total. The number of aliphatic hydroxyl groups excluding tert-OH is 1. The Kier molecular flexibility index (Phi) is 7.59. The smallest absolute Gasteiger partial charge is 0.410 e. The molecule has 0 spiro atoms. The van der Waals surface area contributed by atoms with E-state index in [1.165, 1.54) is 4.90 Å². The lowest BCUT2D eigenvalue weighted by atomic mass is 9.91. The minimum Gasteiger partial charge on any atom is -0.444 e. The summed E-state index contributed by atoms with van der Waals surface area (Å²) in [6, 6.07) is 5.27. The molecule has 1 saturated heterocycles. The Hall–Kier alpha value is -2.15. The van der Waals surface area contributed by atoms with E-state index < -0.39 is 5.60 Å². The topological polar surface area (TPSA) is 83.0 Å². The average Bonchev–Trinajstić information content (AvgIpc) is 2.62. The van der Waals surface area contributed by atoms with Crippen molar-refractivity contribution < 1.29 is 19.4 Å². The summed E-state index contributed by atoms with van der Waals surface area (Å²) in [5.74, 6) is 0.854. The van der Waals surface area contributed by atoms with Crippen LogP contribution in [0.15, 0.2) is 24.4 Å². The highest BCUT2D eigenvalue weighted by Crippen LogP contribution is 2.24. The fourth-order valence-electron chi connectivity index (χ4n) is 3.20. The number of carbonyl (C=O) groups excluding carboxylic acids is 2. The van der Waals surface area contributed by atoms with Gasteiger partial charge in [-0.1, -0.05) is 6.07 Å². The van der Waals surface area contributed by atoms with Crippen LogP contribution in [0.25, 0.3) is 0 Å². The lowest BCUT2D eigenvalue weighted by Crippen LogP contribution is -2.41. The van der Waals surface area contributed by atoms with Crippen LogP contribution in [0, 0.1) is 5.92 Å². The molecule has 1 aromatic heterocycles. The van der Waals surface area contributed by atoms with E-state index in [1.54, 1.807) is 29.3 Å². The van der Waals surface area contributed by atoms with Gasteiger partial charge in [-0.15, -0.1) is 0 Å². The number of aromatic nitrogens is 1. The molecule has 27 heavy (non-hydrogen) atoms. The highest BCUT2D eigenvalue weighted by atomic mass is 16.6. The molecule has 2 heterocycles. The summed E-state index contributed by atoms with van der Waals surface area (Å²) in [7, 11) is 0. The maximum Gasteiger partial charge on any atom is 0.410 e. The third kappa shape index (κ3) is 6.82. The number of hydrogen-bond acceptors (Lipinski definition) is 5. The van der Waals surface area contributed by atoms with Crippen molar-refractivity contribution in [2.75, 3.05) is 24.7 Å². The minimum absolute atomic E-state index is 0.123. The van der Waals surface area contributed by atoms with Gasteiger partial charge in [0.25, 0.3) is 0 Å². The number of aliphatic hydroxyl groups is 1.